The van der Waals surface area contributed by atoms with Crippen LogP contribution in [0.15, 0.2) is 47.6 Å². The smallest absolute Gasteiger partial charge is 0.216 e. The molecule has 0 radical (unpaired) electrons. The Morgan fingerprint density at radius 3 is 2.75 bits per heavy atom. The fourth-order valence-corrected chi connectivity index (χ4v) is 2.42. The molecule has 1 aromatic heterocycles. The number of phenols is 1. The van der Waals surface area contributed by atoms with E-state index in [1.54, 1.807) is 30.3 Å². The van der Waals surface area contributed by atoms with E-state index in [2.05, 4.69) is 15.3 Å². The third kappa shape index (κ3) is 3.17. The number of ether oxygens (including phenoxy) is 1. The van der Waals surface area contributed by atoms with Crippen LogP contribution in [0.4, 0.5) is 0 Å². The van der Waals surface area contributed by atoms with E-state index >= 15 is 0 Å². The normalized spacial score (nSPS) is 11.1. The van der Waals surface area contributed by atoms with E-state index in [1.165, 1.54) is 18.0 Å². The number of aromatic amines is 1. The van der Waals surface area contributed by atoms with E-state index in [0.29, 0.717) is 26.9 Å². The van der Waals surface area contributed by atoms with Crippen LogP contribution in [0.2, 0.25) is 5.02 Å². The molecule has 3 aromatic rings. The standard InChI is InChI=1S/C16H13ClN4O2S/c1-23-13-4-2-3-11(14(13)22)9-18-21-15(19-20-16(21)24)10-5-7-12(17)8-6-10/h2-9,22H,1H3,(H,20,24). The third-order valence-electron chi connectivity index (χ3n) is 3.32. The molecule has 6 nitrogen and oxygen atoms in total. The number of H-pyrrole nitrogens is 1. The summed E-state index contributed by atoms with van der Waals surface area (Å²) < 4.78 is 6.88. The van der Waals surface area contributed by atoms with Crippen molar-refractivity contribution in [1.29, 1.82) is 0 Å². The van der Waals surface area contributed by atoms with Crippen LogP contribution in [0.5, 0.6) is 11.5 Å². The summed E-state index contributed by atoms with van der Waals surface area (Å²) in [5.41, 5.74) is 1.30. The monoisotopic (exact) mass is 360 g/mol. The molecule has 0 fully saturated rings. The molecular weight excluding hydrogens is 348 g/mol. The molecule has 2 N–H and O–H groups in total. The molecular formula is C16H13ClN4O2S. The number of aromatic nitrogens is 3. The number of nitrogens with zero attached hydrogens (tertiary/aromatic N) is 3. The van der Waals surface area contributed by atoms with Gasteiger partial charge in [0, 0.05) is 16.1 Å². The molecule has 8 heteroatoms. The quantitative estimate of drug-likeness (QED) is 0.547. The van der Waals surface area contributed by atoms with Gasteiger partial charge in [0.25, 0.3) is 0 Å². The fraction of sp³-hybridized carbons (Fsp3) is 0.0625. The minimum Gasteiger partial charge on any atom is -0.504 e. The molecule has 0 aliphatic rings. The lowest BCUT2D eigenvalue weighted by molar-refractivity contribution is 0.373. The van der Waals surface area contributed by atoms with Crippen LogP contribution in [0, 0.1) is 4.77 Å². The van der Waals surface area contributed by atoms with Crippen molar-refractivity contribution in [3.63, 3.8) is 0 Å². The van der Waals surface area contributed by atoms with Crippen molar-refractivity contribution in [1.82, 2.24) is 14.9 Å². The van der Waals surface area contributed by atoms with Gasteiger partial charge in [-0.1, -0.05) is 17.7 Å². The van der Waals surface area contributed by atoms with Crippen LogP contribution in [-0.2, 0) is 0 Å². The topological polar surface area (TPSA) is 75.4 Å². The van der Waals surface area contributed by atoms with Gasteiger partial charge in [-0.2, -0.15) is 14.9 Å². The first-order valence-corrected chi connectivity index (χ1v) is 7.72. The predicted molar refractivity (Wildman–Crippen MR) is 95.5 cm³/mol. The number of nitrogens with one attached hydrogen (secondary N) is 1. The molecule has 24 heavy (non-hydrogen) atoms. The summed E-state index contributed by atoms with van der Waals surface area (Å²) in [6, 6.07) is 12.3. The van der Waals surface area contributed by atoms with Gasteiger partial charge >= 0.3 is 0 Å². The zero-order valence-corrected chi connectivity index (χ0v) is 14.2. The highest BCUT2D eigenvalue weighted by atomic mass is 35.5. The molecule has 0 aliphatic heterocycles. The Bertz CT molecular complexity index is 947. The average Bonchev–Trinajstić information content (AvgIpc) is 2.95. The maximum atomic E-state index is 10.1. The average molecular weight is 361 g/mol. The highest BCUT2D eigenvalue weighted by Gasteiger charge is 2.09. The molecule has 3 rings (SSSR count). The number of aromatic hydroxyl groups is 1. The number of para-hydroxylation sites is 1. The van der Waals surface area contributed by atoms with Crippen molar-refractivity contribution in [2.45, 2.75) is 0 Å². The van der Waals surface area contributed by atoms with Crippen molar-refractivity contribution in [2.75, 3.05) is 7.11 Å². The third-order valence-corrected chi connectivity index (χ3v) is 3.83. The van der Waals surface area contributed by atoms with Gasteiger partial charge in [0.1, 0.15) is 0 Å². The minimum atomic E-state index is 0.00630. The fourth-order valence-electron chi connectivity index (χ4n) is 2.11. The van der Waals surface area contributed by atoms with E-state index in [4.69, 9.17) is 28.6 Å². The highest BCUT2D eigenvalue weighted by Crippen LogP contribution is 2.28. The summed E-state index contributed by atoms with van der Waals surface area (Å²) in [4.78, 5) is 0. The van der Waals surface area contributed by atoms with Crippen LogP contribution in [0.1, 0.15) is 5.56 Å². The van der Waals surface area contributed by atoms with Gasteiger partial charge in [-0.25, -0.2) is 5.10 Å². The largest absolute Gasteiger partial charge is 0.504 e. The molecule has 0 saturated heterocycles. The van der Waals surface area contributed by atoms with Crippen molar-refractivity contribution >= 4 is 30.0 Å². The van der Waals surface area contributed by atoms with Gasteiger partial charge in [-0.3, -0.25) is 0 Å². The van der Waals surface area contributed by atoms with E-state index < -0.39 is 0 Å². The molecule has 0 spiro atoms. The van der Waals surface area contributed by atoms with Crippen LogP contribution < -0.4 is 4.74 Å². The van der Waals surface area contributed by atoms with E-state index in [9.17, 15) is 5.11 Å². The van der Waals surface area contributed by atoms with Gasteiger partial charge in [0.15, 0.2) is 17.3 Å². The summed E-state index contributed by atoms with van der Waals surface area (Å²) >= 11 is 11.1. The number of benzene rings is 2. The maximum absolute atomic E-state index is 10.1. The molecule has 1 heterocycles. The second-order valence-corrected chi connectivity index (χ2v) is 5.64. The zero-order valence-electron chi connectivity index (χ0n) is 12.6. The van der Waals surface area contributed by atoms with Crippen molar-refractivity contribution < 1.29 is 9.84 Å². The number of hydrogen-bond donors (Lipinski definition) is 2. The van der Waals surface area contributed by atoms with E-state index in [1.807, 2.05) is 12.1 Å². The Hall–Kier alpha value is -2.64. The Balaban J connectivity index is 2.01. The molecule has 0 atom stereocenters. The zero-order chi connectivity index (χ0) is 17.1. The second kappa shape index (κ2) is 6.86. The van der Waals surface area contributed by atoms with Crippen LogP contribution >= 0.6 is 23.8 Å². The molecule has 0 saturated carbocycles. The highest BCUT2D eigenvalue weighted by molar-refractivity contribution is 7.71. The summed E-state index contributed by atoms with van der Waals surface area (Å²) in [7, 11) is 1.49. The van der Waals surface area contributed by atoms with E-state index in [0.717, 1.165) is 5.56 Å². The molecule has 0 aliphatic carbocycles. The van der Waals surface area contributed by atoms with Gasteiger partial charge in [0.05, 0.1) is 13.3 Å². The van der Waals surface area contributed by atoms with Gasteiger partial charge < -0.3 is 9.84 Å². The minimum absolute atomic E-state index is 0.00630. The Kier molecular flexibility index (Phi) is 4.64. The van der Waals surface area contributed by atoms with Crippen LogP contribution in [0.25, 0.3) is 11.4 Å². The number of methoxy groups -OCH3 is 1. The first kappa shape index (κ1) is 16.2. The lowest BCUT2D eigenvalue weighted by Crippen LogP contribution is -1.95. The summed E-state index contributed by atoms with van der Waals surface area (Å²) in [6.07, 6.45) is 1.49. The van der Waals surface area contributed by atoms with Gasteiger partial charge in [0.2, 0.25) is 4.77 Å². The summed E-state index contributed by atoms with van der Waals surface area (Å²) in [5.74, 6) is 0.912. The first-order valence-electron chi connectivity index (χ1n) is 6.94. The van der Waals surface area contributed by atoms with Crippen molar-refractivity contribution in [2.24, 2.45) is 5.10 Å². The van der Waals surface area contributed by atoms with Crippen molar-refractivity contribution in [3.8, 4) is 22.9 Å². The molecule has 0 amide bonds. The SMILES string of the molecule is COc1cccc(C=Nn2c(-c3ccc(Cl)cc3)n[nH]c2=S)c1O. The molecule has 0 unspecified atom stereocenters. The Labute approximate surface area is 148 Å². The molecule has 122 valence electrons. The number of hydrogen-bond acceptors (Lipinski definition) is 5. The number of halogens is 1. The van der Waals surface area contributed by atoms with Crippen LogP contribution in [-0.4, -0.2) is 33.3 Å². The van der Waals surface area contributed by atoms with Crippen LogP contribution in [0.3, 0.4) is 0 Å². The summed E-state index contributed by atoms with van der Waals surface area (Å²) in [5, 5.41) is 22.0. The predicted octanol–water partition coefficient (Wildman–Crippen LogP) is 3.86. The van der Waals surface area contributed by atoms with Crippen molar-refractivity contribution in [3.05, 3.63) is 57.8 Å². The second-order valence-electron chi connectivity index (χ2n) is 4.81. The van der Waals surface area contributed by atoms with Gasteiger partial charge in [-0.05, 0) is 48.6 Å². The lowest BCUT2D eigenvalue weighted by Gasteiger charge is -2.05. The first-order chi connectivity index (χ1) is 11.6. The summed E-state index contributed by atoms with van der Waals surface area (Å²) in [6.45, 7) is 0. The Morgan fingerprint density at radius 1 is 1.29 bits per heavy atom. The van der Waals surface area contributed by atoms with Gasteiger partial charge in [-0.15, -0.1) is 0 Å². The number of phenolic OH excluding ortho intramolecular Hbond substituents is 1. The lowest BCUT2D eigenvalue weighted by atomic mass is 10.2. The number of rotatable bonds is 4. The Morgan fingerprint density at radius 2 is 2.04 bits per heavy atom. The molecule has 0 bridgehead atoms. The van der Waals surface area contributed by atoms with E-state index in [-0.39, 0.29) is 5.75 Å². The maximum Gasteiger partial charge on any atom is 0.216 e. The molecule has 2 aromatic carbocycles.